The fourth-order valence-corrected chi connectivity index (χ4v) is 1.65. The molecule has 0 N–H and O–H groups in total. The number of nitriles is 1. The normalized spacial score (nSPS) is 11.2. The van der Waals surface area contributed by atoms with Gasteiger partial charge in [-0.1, -0.05) is 12.1 Å². The molecule has 6 nitrogen and oxygen atoms in total. The Kier molecular flexibility index (Phi) is 5.42. The molecule has 1 rings (SSSR count). The van der Waals surface area contributed by atoms with Gasteiger partial charge in [0.15, 0.2) is 0 Å². The van der Waals surface area contributed by atoms with Crippen LogP contribution in [0.25, 0.3) is 0 Å². The van der Waals surface area contributed by atoms with Crippen molar-refractivity contribution in [1.82, 2.24) is 0 Å². The molecule has 20 heavy (non-hydrogen) atoms. The van der Waals surface area contributed by atoms with Crippen molar-refractivity contribution < 1.29 is 14.5 Å². The molecule has 1 aromatic rings. The van der Waals surface area contributed by atoms with Gasteiger partial charge in [0.05, 0.1) is 11.5 Å². The van der Waals surface area contributed by atoms with Crippen LogP contribution >= 0.6 is 0 Å². The summed E-state index contributed by atoms with van der Waals surface area (Å²) in [7, 11) is 0. The number of nitro groups is 1. The van der Waals surface area contributed by atoms with Crippen LogP contribution in [0.2, 0.25) is 0 Å². The molecule has 0 saturated carbocycles. The minimum Gasteiger partial charge on any atom is -0.462 e. The number of hydrogen-bond acceptors (Lipinski definition) is 5. The highest BCUT2D eigenvalue weighted by Crippen LogP contribution is 2.16. The third-order valence-electron chi connectivity index (χ3n) is 2.63. The molecule has 0 bridgehead atoms. The highest BCUT2D eigenvalue weighted by Gasteiger charge is 2.14. The molecule has 0 aliphatic rings. The van der Waals surface area contributed by atoms with Crippen molar-refractivity contribution in [1.29, 1.82) is 5.26 Å². The van der Waals surface area contributed by atoms with E-state index in [-0.39, 0.29) is 17.9 Å². The Morgan fingerprint density at radius 2 is 2.00 bits per heavy atom. The van der Waals surface area contributed by atoms with Gasteiger partial charge in [-0.05, 0) is 31.4 Å². The van der Waals surface area contributed by atoms with Crippen LogP contribution in [0.1, 0.15) is 19.4 Å². The second-order valence-electron chi connectivity index (χ2n) is 4.09. The number of nitro benzene ring substituents is 1. The Morgan fingerprint density at radius 1 is 1.40 bits per heavy atom. The SMILES string of the molecule is CCOC(=O)/C(C#N)=C(\C)Cc1ccc([N+](=O)[O-])cc1. The first kappa shape index (κ1) is 15.4. The molecule has 0 unspecified atom stereocenters. The number of nitrogens with zero attached hydrogens (tertiary/aromatic N) is 2. The third kappa shape index (κ3) is 3.92. The number of rotatable bonds is 5. The fourth-order valence-electron chi connectivity index (χ4n) is 1.65. The molecule has 0 heterocycles. The molecule has 0 aliphatic heterocycles. The quantitative estimate of drug-likeness (QED) is 0.270. The van der Waals surface area contributed by atoms with E-state index >= 15 is 0 Å². The number of carbonyl (C=O) groups excluding carboxylic acids is 1. The van der Waals surface area contributed by atoms with E-state index in [1.54, 1.807) is 26.0 Å². The smallest absolute Gasteiger partial charge is 0.348 e. The summed E-state index contributed by atoms with van der Waals surface area (Å²) in [5.74, 6) is -0.644. The summed E-state index contributed by atoms with van der Waals surface area (Å²) in [5, 5.41) is 19.5. The first-order chi connectivity index (χ1) is 9.49. The molecule has 0 saturated heterocycles. The Hall–Kier alpha value is -2.68. The number of esters is 1. The predicted octanol–water partition coefficient (Wildman–Crippen LogP) is 2.54. The van der Waals surface area contributed by atoms with Crippen molar-refractivity contribution in [3.63, 3.8) is 0 Å². The van der Waals surface area contributed by atoms with E-state index in [0.717, 1.165) is 5.56 Å². The summed E-state index contributed by atoms with van der Waals surface area (Å²) in [6.07, 6.45) is 0.361. The van der Waals surface area contributed by atoms with Gasteiger partial charge >= 0.3 is 5.97 Å². The molecule has 1 aromatic carbocycles. The zero-order chi connectivity index (χ0) is 15.1. The Bertz CT molecular complexity index is 582. The number of non-ortho nitro benzene ring substituents is 1. The van der Waals surface area contributed by atoms with Crippen LogP contribution in [-0.2, 0) is 16.0 Å². The second-order valence-corrected chi connectivity index (χ2v) is 4.09. The number of ether oxygens (including phenoxy) is 1. The predicted molar refractivity (Wildman–Crippen MR) is 71.7 cm³/mol. The molecule has 104 valence electrons. The molecular weight excluding hydrogens is 260 g/mol. The van der Waals surface area contributed by atoms with Crippen LogP contribution in [0.15, 0.2) is 35.4 Å². The van der Waals surface area contributed by atoms with Crippen molar-refractivity contribution in [2.24, 2.45) is 0 Å². The molecule has 0 fully saturated rings. The van der Waals surface area contributed by atoms with Gasteiger partial charge in [0.2, 0.25) is 0 Å². The summed E-state index contributed by atoms with van der Waals surface area (Å²) in [6, 6.07) is 7.81. The minimum atomic E-state index is -0.644. The number of hydrogen-bond donors (Lipinski definition) is 0. The lowest BCUT2D eigenvalue weighted by Gasteiger charge is -2.05. The van der Waals surface area contributed by atoms with E-state index in [9.17, 15) is 14.9 Å². The van der Waals surface area contributed by atoms with Crippen LogP contribution in [0.5, 0.6) is 0 Å². The first-order valence-electron chi connectivity index (χ1n) is 5.99. The molecular formula is C14H14N2O4. The lowest BCUT2D eigenvalue weighted by molar-refractivity contribution is -0.384. The zero-order valence-electron chi connectivity index (χ0n) is 11.3. The summed E-state index contributed by atoms with van der Waals surface area (Å²) in [4.78, 5) is 21.6. The summed E-state index contributed by atoms with van der Waals surface area (Å²) in [5.41, 5.74) is 1.33. The topological polar surface area (TPSA) is 93.2 Å². The summed E-state index contributed by atoms with van der Waals surface area (Å²) < 4.78 is 4.80. The van der Waals surface area contributed by atoms with E-state index in [1.807, 2.05) is 6.07 Å². The van der Waals surface area contributed by atoms with Crippen molar-refractivity contribution >= 4 is 11.7 Å². The van der Waals surface area contributed by atoms with E-state index in [0.29, 0.717) is 12.0 Å². The number of benzene rings is 1. The molecule has 0 spiro atoms. The molecule has 0 aromatic heterocycles. The van der Waals surface area contributed by atoms with E-state index in [1.165, 1.54) is 12.1 Å². The lowest BCUT2D eigenvalue weighted by Crippen LogP contribution is -2.09. The van der Waals surface area contributed by atoms with Gasteiger partial charge in [0.1, 0.15) is 11.6 Å². The van der Waals surface area contributed by atoms with Gasteiger partial charge in [0.25, 0.3) is 5.69 Å². The van der Waals surface area contributed by atoms with Crippen LogP contribution in [0, 0.1) is 21.4 Å². The monoisotopic (exact) mass is 274 g/mol. The maximum atomic E-state index is 11.6. The van der Waals surface area contributed by atoms with E-state index in [2.05, 4.69) is 0 Å². The number of allylic oxidation sites excluding steroid dienone is 1. The highest BCUT2D eigenvalue weighted by atomic mass is 16.6. The average Bonchev–Trinajstić information content (AvgIpc) is 2.40. The van der Waals surface area contributed by atoms with Gasteiger partial charge in [-0.15, -0.1) is 0 Å². The maximum Gasteiger partial charge on any atom is 0.348 e. The van der Waals surface area contributed by atoms with Gasteiger partial charge in [0, 0.05) is 12.1 Å². The van der Waals surface area contributed by atoms with E-state index < -0.39 is 10.9 Å². The Morgan fingerprint density at radius 3 is 2.45 bits per heavy atom. The minimum absolute atomic E-state index is 0.00119. The second kappa shape index (κ2) is 7.04. The van der Waals surface area contributed by atoms with Gasteiger partial charge in [-0.25, -0.2) is 4.79 Å². The Balaban J connectivity index is 2.93. The standard InChI is InChI=1S/C14H14N2O4/c1-3-20-14(17)13(9-15)10(2)8-11-4-6-12(7-5-11)16(18)19/h4-7H,3,8H2,1-2H3/b13-10+. The molecule has 0 aliphatic carbocycles. The van der Waals surface area contributed by atoms with Crippen molar-refractivity contribution in [3.8, 4) is 6.07 Å². The largest absolute Gasteiger partial charge is 0.462 e. The number of carbonyl (C=O) groups is 1. The van der Waals surface area contributed by atoms with Crippen molar-refractivity contribution in [2.75, 3.05) is 6.61 Å². The summed E-state index contributed by atoms with van der Waals surface area (Å²) >= 11 is 0. The molecule has 0 amide bonds. The van der Waals surface area contributed by atoms with Crippen LogP contribution in [-0.4, -0.2) is 17.5 Å². The average molecular weight is 274 g/mol. The van der Waals surface area contributed by atoms with Gasteiger partial charge < -0.3 is 4.74 Å². The first-order valence-corrected chi connectivity index (χ1v) is 5.99. The van der Waals surface area contributed by atoms with Crippen LogP contribution < -0.4 is 0 Å². The Labute approximate surface area is 116 Å². The van der Waals surface area contributed by atoms with Crippen molar-refractivity contribution in [3.05, 3.63) is 51.1 Å². The van der Waals surface area contributed by atoms with Crippen LogP contribution in [0.3, 0.4) is 0 Å². The lowest BCUT2D eigenvalue weighted by atomic mass is 10.0. The third-order valence-corrected chi connectivity index (χ3v) is 2.63. The van der Waals surface area contributed by atoms with Gasteiger partial charge in [-0.2, -0.15) is 5.26 Å². The molecule has 0 radical (unpaired) electrons. The highest BCUT2D eigenvalue weighted by molar-refractivity contribution is 5.93. The van der Waals surface area contributed by atoms with Crippen LogP contribution in [0.4, 0.5) is 5.69 Å². The molecule has 0 atom stereocenters. The van der Waals surface area contributed by atoms with Gasteiger partial charge in [-0.3, -0.25) is 10.1 Å². The fraction of sp³-hybridized carbons (Fsp3) is 0.286. The van der Waals surface area contributed by atoms with E-state index in [4.69, 9.17) is 10.00 Å². The molecule has 6 heteroatoms. The summed E-state index contributed by atoms with van der Waals surface area (Å²) in [6.45, 7) is 3.53. The van der Waals surface area contributed by atoms with Crippen molar-refractivity contribution in [2.45, 2.75) is 20.3 Å². The zero-order valence-corrected chi connectivity index (χ0v) is 11.3. The maximum absolute atomic E-state index is 11.6.